The third-order valence-electron chi connectivity index (χ3n) is 2.43. The smallest absolute Gasteiger partial charge is 0.271 e. The van der Waals surface area contributed by atoms with Gasteiger partial charge in [-0.15, -0.1) is 0 Å². The average Bonchev–Trinajstić information content (AvgIpc) is 2.41. The SMILES string of the molecule is N#Cc1c(Br)cccc1Oc1ccc([N+](=O)[O-])cc1Cl. The number of non-ortho nitro benzene ring substituents is 1. The Hall–Kier alpha value is -2.10. The summed E-state index contributed by atoms with van der Waals surface area (Å²) in [6.45, 7) is 0. The van der Waals surface area contributed by atoms with E-state index in [2.05, 4.69) is 15.9 Å². The number of nitriles is 1. The number of rotatable bonds is 3. The summed E-state index contributed by atoms with van der Waals surface area (Å²) in [5.41, 5.74) is 0.194. The highest BCUT2D eigenvalue weighted by molar-refractivity contribution is 9.10. The molecule has 100 valence electrons. The fraction of sp³-hybridized carbons (Fsp3) is 0. The van der Waals surface area contributed by atoms with Crippen molar-refractivity contribution < 1.29 is 9.66 Å². The first-order valence-corrected chi connectivity index (χ1v) is 6.50. The maximum absolute atomic E-state index is 10.6. The summed E-state index contributed by atoms with van der Waals surface area (Å²) in [5, 5.41) is 19.8. The summed E-state index contributed by atoms with van der Waals surface area (Å²) >= 11 is 9.18. The zero-order chi connectivity index (χ0) is 14.7. The molecule has 0 saturated heterocycles. The minimum atomic E-state index is -0.546. The van der Waals surface area contributed by atoms with E-state index >= 15 is 0 Å². The van der Waals surface area contributed by atoms with Gasteiger partial charge in [-0.05, 0) is 34.1 Å². The van der Waals surface area contributed by atoms with Crippen LogP contribution in [0.4, 0.5) is 5.69 Å². The lowest BCUT2D eigenvalue weighted by atomic mass is 10.2. The van der Waals surface area contributed by atoms with Crippen LogP contribution in [-0.4, -0.2) is 4.92 Å². The molecule has 0 unspecified atom stereocenters. The number of ether oxygens (including phenoxy) is 1. The Morgan fingerprint density at radius 1 is 1.30 bits per heavy atom. The summed E-state index contributed by atoms with van der Waals surface area (Å²) in [5.74, 6) is 0.560. The molecule has 0 saturated carbocycles. The van der Waals surface area contributed by atoms with Crippen LogP contribution in [0.25, 0.3) is 0 Å². The van der Waals surface area contributed by atoms with Crippen molar-refractivity contribution in [3.8, 4) is 17.6 Å². The largest absolute Gasteiger partial charge is 0.454 e. The van der Waals surface area contributed by atoms with Crippen LogP contribution in [0.15, 0.2) is 40.9 Å². The molecule has 0 aromatic heterocycles. The van der Waals surface area contributed by atoms with Gasteiger partial charge in [0.2, 0.25) is 0 Å². The van der Waals surface area contributed by atoms with Gasteiger partial charge in [0.15, 0.2) is 0 Å². The third kappa shape index (κ3) is 2.90. The molecule has 0 bridgehead atoms. The summed E-state index contributed by atoms with van der Waals surface area (Å²) in [7, 11) is 0. The van der Waals surface area contributed by atoms with E-state index in [1.165, 1.54) is 18.2 Å². The predicted octanol–water partition coefficient (Wildman–Crippen LogP) is 4.67. The van der Waals surface area contributed by atoms with Gasteiger partial charge in [-0.2, -0.15) is 5.26 Å². The van der Waals surface area contributed by atoms with Crippen LogP contribution in [0.3, 0.4) is 0 Å². The monoisotopic (exact) mass is 352 g/mol. The average molecular weight is 354 g/mol. The molecule has 0 N–H and O–H groups in total. The number of nitro benzene ring substituents is 1. The van der Waals surface area contributed by atoms with E-state index in [4.69, 9.17) is 21.6 Å². The summed E-state index contributed by atoms with van der Waals surface area (Å²) in [6.07, 6.45) is 0. The van der Waals surface area contributed by atoms with Crippen LogP contribution in [0, 0.1) is 21.4 Å². The maximum atomic E-state index is 10.6. The molecule has 2 rings (SSSR count). The van der Waals surface area contributed by atoms with E-state index in [1.54, 1.807) is 18.2 Å². The van der Waals surface area contributed by atoms with E-state index in [9.17, 15) is 10.1 Å². The van der Waals surface area contributed by atoms with Crippen molar-refractivity contribution in [3.63, 3.8) is 0 Å². The zero-order valence-electron chi connectivity index (χ0n) is 9.84. The molecule has 0 heterocycles. The van der Waals surface area contributed by atoms with Gasteiger partial charge < -0.3 is 4.74 Å². The van der Waals surface area contributed by atoms with Crippen LogP contribution < -0.4 is 4.74 Å². The molecule has 0 atom stereocenters. The number of hydrogen-bond donors (Lipinski definition) is 0. The fourth-order valence-electron chi connectivity index (χ4n) is 1.50. The second kappa shape index (κ2) is 5.90. The molecule has 0 amide bonds. The number of halogens is 2. The Morgan fingerprint density at radius 3 is 2.65 bits per heavy atom. The molecular formula is C13H6BrClN2O3. The first kappa shape index (κ1) is 14.3. The quantitative estimate of drug-likeness (QED) is 0.593. The summed E-state index contributed by atoms with van der Waals surface area (Å²) in [6, 6.07) is 10.9. The topological polar surface area (TPSA) is 76.2 Å². The molecule has 0 aliphatic carbocycles. The van der Waals surface area contributed by atoms with E-state index in [1.807, 2.05) is 6.07 Å². The van der Waals surface area contributed by atoms with Crippen LogP contribution in [0.1, 0.15) is 5.56 Å². The lowest BCUT2D eigenvalue weighted by Crippen LogP contribution is -1.92. The molecule has 5 nitrogen and oxygen atoms in total. The van der Waals surface area contributed by atoms with E-state index in [-0.39, 0.29) is 16.5 Å². The Balaban J connectivity index is 2.39. The second-order valence-corrected chi connectivity index (χ2v) is 4.96. The molecule has 0 fully saturated rings. The molecule has 0 aliphatic heterocycles. The lowest BCUT2D eigenvalue weighted by Gasteiger charge is -2.09. The summed E-state index contributed by atoms with van der Waals surface area (Å²) in [4.78, 5) is 10.1. The minimum Gasteiger partial charge on any atom is -0.454 e. The minimum absolute atomic E-state index is 0.100. The Morgan fingerprint density at radius 2 is 2.05 bits per heavy atom. The highest BCUT2D eigenvalue weighted by Gasteiger charge is 2.13. The van der Waals surface area contributed by atoms with Gasteiger partial charge in [0, 0.05) is 16.6 Å². The van der Waals surface area contributed by atoms with Crippen LogP contribution in [-0.2, 0) is 0 Å². The van der Waals surface area contributed by atoms with Crippen molar-refractivity contribution in [2.45, 2.75) is 0 Å². The fourth-order valence-corrected chi connectivity index (χ4v) is 2.15. The van der Waals surface area contributed by atoms with Crippen molar-refractivity contribution in [2.24, 2.45) is 0 Å². The van der Waals surface area contributed by atoms with Crippen molar-refractivity contribution in [3.05, 3.63) is 61.6 Å². The van der Waals surface area contributed by atoms with Gasteiger partial charge in [-0.25, -0.2) is 0 Å². The van der Waals surface area contributed by atoms with Gasteiger partial charge in [-0.3, -0.25) is 10.1 Å². The van der Waals surface area contributed by atoms with Crippen molar-refractivity contribution in [2.75, 3.05) is 0 Å². The van der Waals surface area contributed by atoms with Crippen molar-refractivity contribution in [1.29, 1.82) is 5.26 Å². The first-order valence-electron chi connectivity index (χ1n) is 5.33. The number of hydrogen-bond acceptors (Lipinski definition) is 4. The Labute approximate surface area is 127 Å². The van der Waals surface area contributed by atoms with Crippen LogP contribution >= 0.6 is 27.5 Å². The number of nitro groups is 1. The molecule has 2 aromatic rings. The zero-order valence-corrected chi connectivity index (χ0v) is 12.2. The molecule has 0 aliphatic rings. The number of benzene rings is 2. The Kier molecular flexibility index (Phi) is 4.23. The number of nitrogens with zero attached hydrogens (tertiary/aromatic N) is 2. The highest BCUT2D eigenvalue weighted by Crippen LogP contribution is 2.35. The first-order chi connectivity index (χ1) is 9.52. The van der Waals surface area contributed by atoms with Crippen LogP contribution in [0.2, 0.25) is 5.02 Å². The molecular weight excluding hydrogens is 348 g/mol. The van der Waals surface area contributed by atoms with Crippen molar-refractivity contribution in [1.82, 2.24) is 0 Å². The highest BCUT2D eigenvalue weighted by atomic mass is 79.9. The molecule has 7 heteroatoms. The molecule has 2 aromatic carbocycles. The van der Waals surface area contributed by atoms with Crippen LogP contribution in [0.5, 0.6) is 11.5 Å². The van der Waals surface area contributed by atoms with Gasteiger partial charge in [0.1, 0.15) is 23.1 Å². The molecule has 20 heavy (non-hydrogen) atoms. The van der Waals surface area contributed by atoms with E-state index in [0.29, 0.717) is 15.8 Å². The Bertz CT molecular complexity index is 728. The van der Waals surface area contributed by atoms with Crippen molar-refractivity contribution >= 4 is 33.2 Å². The van der Waals surface area contributed by atoms with Gasteiger partial charge >= 0.3 is 0 Å². The van der Waals surface area contributed by atoms with E-state index < -0.39 is 4.92 Å². The summed E-state index contributed by atoms with van der Waals surface area (Å²) < 4.78 is 6.13. The maximum Gasteiger partial charge on any atom is 0.271 e. The third-order valence-corrected chi connectivity index (χ3v) is 3.39. The normalized spacial score (nSPS) is 9.85. The predicted molar refractivity (Wildman–Crippen MR) is 77.0 cm³/mol. The standard InChI is InChI=1S/C13H6BrClN2O3/c14-10-2-1-3-12(9(10)7-16)20-13-5-4-8(17(18)19)6-11(13)15/h1-6H. The van der Waals surface area contributed by atoms with Gasteiger partial charge in [0.25, 0.3) is 5.69 Å². The molecule has 0 spiro atoms. The van der Waals surface area contributed by atoms with Gasteiger partial charge in [-0.1, -0.05) is 17.7 Å². The molecule has 0 radical (unpaired) electrons. The van der Waals surface area contributed by atoms with Gasteiger partial charge in [0.05, 0.1) is 9.95 Å². The van der Waals surface area contributed by atoms with E-state index in [0.717, 1.165) is 0 Å². The second-order valence-electron chi connectivity index (χ2n) is 3.70. The lowest BCUT2D eigenvalue weighted by molar-refractivity contribution is -0.384.